The summed E-state index contributed by atoms with van der Waals surface area (Å²) < 4.78 is 0.998. The Bertz CT molecular complexity index is 487. The highest BCUT2D eigenvalue weighted by molar-refractivity contribution is 9.10. The van der Waals surface area contributed by atoms with E-state index in [-0.39, 0.29) is 30.4 Å². The first-order valence-electron chi connectivity index (χ1n) is 6.38. The number of nitrogens with one attached hydrogen (secondary N) is 1. The Kier molecular flexibility index (Phi) is 4.24. The zero-order chi connectivity index (χ0) is 14.0. The topological polar surface area (TPSA) is 49.4 Å². The van der Waals surface area contributed by atoms with Crippen LogP contribution in [0.1, 0.15) is 31.9 Å². The van der Waals surface area contributed by atoms with Gasteiger partial charge in [0.25, 0.3) is 0 Å². The summed E-state index contributed by atoms with van der Waals surface area (Å²) in [5.74, 6) is -0.0899. The molecule has 0 radical (unpaired) electrons. The van der Waals surface area contributed by atoms with Crippen LogP contribution in [0.4, 0.5) is 0 Å². The maximum atomic E-state index is 12.3. The molecule has 0 aromatic heterocycles. The summed E-state index contributed by atoms with van der Waals surface area (Å²) in [6.45, 7) is 3.98. The van der Waals surface area contributed by atoms with Crippen LogP contribution in [0.25, 0.3) is 0 Å². The van der Waals surface area contributed by atoms with Gasteiger partial charge >= 0.3 is 0 Å². The first-order chi connectivity index (χ1) is 9.02. The number of carbonyl (C=O) groups is 2. The Balaban J connectivity index is 2.21. The third kappa shape index (κ3) is 2.97. The number of hydrogen-bond donors (Lipinski definition) is 1. The van der Waals surface area contributed by atoms with Gasteiger partial charge in [0.15, 0.2) is 0 Å². The minimum Gasteiger partial charge on any atom is -0.343 e. The number of amides is 2. The van der Waals surface area contributed by atoms with Gasteiger partial charge in [0.05, 0.1) is 6.04 Å². The molecule has 0 bridgehead atoms. The van der Waals surface area contributed by atoms with E-state index in [4.69, 9.17) is 0 Å². The largest absolute Gasteiger partial charge is 0.343 e. The zero-order valence-electron chi connectivity index (χ0n) is 11.0. The fraction of sp³-hybridized carbons (Fsp3) is 0.429. The summed E-state index contributed by atoms with van der Waals surface area (Å²) >= 11 is 3.39. The van der Waals surface area contributed by atoms with Gasteiger partial charge in [-0.25, -0.2) is 0 Å². The highest BCUT2D eigenvalue weighted by Gasteiger charge is 2.34. The molecule has 1 heterocycles. The van der Waals surface area contributed by atoms with Crippen LogP contribution in [-0.2, 0) is 9.59 Å². The van der Waals surface area contributed by atoms with Crippen molar-refractivity contribution in [1.29, 1.82) is 0 Å². The van der Waals surface area contributed by atoms with Crippen molar-refractivity contribution in [3.8, 4) is 0 Å². The van der Waals surface area contributed by atoms with Crippen molar-refractivity contribution in [2.45, 2.75) is 32.4 Å². The van der Waals surface area contributed by atoms with Crippen molar-refractivity contribution < 1.29 is 9.59 Å². The van der Waals surface area contributed by atoms with Crippen molar-refractivity contribution in [1.82, 2.24) is 10.2 Å². The second-order valence-corrected chi connectivity index (χ2v) is 5.64. The monoisotopic (exact) mass is 324 g/mol. The van der Waals surface area contributed by atoms with Gasteiger partial charge in [0, 0.05) is 4.47 Å². The van der Waals surface area contributed by atoms with E-state index in [1.807, 2.05) is 38.1 Å². The van der Waals surface area contributed by atoms with E-state index < -0.39 is 0 Å². The Labute approximate surface area is 121 Å². The lowest BCUT2D eigenvalue weighted by Crippen LogP contribution is -2.58. The fourth-order valence-electron chi connectivity index (χ4n) is 2.26. The van der Waals surface area contributed by atoms with Gasteiger partial charge in [-0.05, 0) is 31.0 Å². The molecule has 0 saturated carbocycles. The van der Waals surface area contributed by atoms with E-state index in [2.05, 4.69) is 21.2 Å². The molecule has 2 rings (SSSR count). The SMILES string of the molecule is CCC1NC(=O)CN(C(C)c2ccc(Br)cc2)C1=O. The van der Waals surface area contributed by atoms with Crippen LogP contribution in [0.3, 0.4) is 0 Å². The van der Waals surface area contributed by atoms with E-state index in [0.717, 1.165) is 10.0 Å². The Morgan fingerprint density at radius 3 is 2.58 bits per heavy atom. The average molecular weight is 325 g/mol. The average Bonchev–Trinajstić information content (AvgIpc) is 2.41. The molecule has 102 valence electrons. The van der Waals surface area contributed by atoms with Gasteiger partial charge in [0.1, 0.15) is 12.6 Å². The van der Waals surface area contributed by atoms with Crippen molar-refractivity contribution in [3.05, 3.63) is 34.3 Å². The molecule has 19 heavy (non-hydrogen) atoms. The molecule has 0 spiro atoms. The van der Waals surface area contributed by atoms with Gasteiger partial charge in [-0.1, -0.05) is 35.0 Å². The molecule has 1 aromatic rings. The van der Waals surface area contributed by atoms with Crippen molar-refractivity contribution in [3.63, 3.8) is 0 Å². The van der Waals surface area contributed by atoms with Crippen LogP contribution in [0.2, 0.25) is 0 Å². The van der Waals surface area contributed by atoms with Crippen molar-refractivity contribution in [2.24, 2.45) is 0 Å². The second kappa shape index (κ2) is 5.74. The Morgan fingerprint density at radius 2 is 2.00 bits per heavy atom. The van der Waals surface area contributed by atoms with Crippen LogP contribution in [-0.4, -0.2) is 29.3 Å². The standard InChI is InChI=1S/C14H17BrN2O2/c1-3-12-14(19)17(8-13(18)16-12)9(2)10-4-6-11(15)7-5-10/h4-7,9,12H,3,8H2,1-2H3,(H,16,18). The lowest BCUT2D eigenvalue weighted by atomic mass is 10.0. The molecule has 5 heteroatoms. The maximum absolute atomic E-state index is 12.3. The van der Waals surface area contributed by atoms with Gasteiger partial charge in [-0.15, -0.1) is 0 Å². The minimum atomic E-state index is -0.390. The van der Waals surface area contributed by atoms with E-state index in [1.165, 1.54) is 0 Å². The molecule has 2 atom stereocenters. The van der Waals surface area contributed by atoms with E-state index in [9.17, 15) is 9.59 Å². The lowest BCUT2D eigenvalue weighted by Gasteiger charge is -2.36. The molecule has 1 aliphatic heterocycles. The summed E-state index contributed by atoms with van der Waals surface area (Å²) in [4.78, 5) is 25.6. The van der Waals surface area contributed by atoms with Crippen LogP contribution in [0, 0.1) is 0 Å². The molecule has 1 saturated heterocycles. The van der Waals surface area contributed by atoms with Gasteiger partial charge in [-0.2, -0.15) is 0 Å². The number of nitrogens with zero attached hydrogens (tertiary/aromatic N) is 1. The Morgan fingerprint density at radius 1 is 1.37 bits per heavy atom. The number of benzene rings is 1. The van der Waals surface area contributed by atoms with Crippen LogP contribution >= 0.6 is 15.9 Å². The normalized spacial score (nSPS) is 21.2. The van der Waals surface area contributed by atoms with Crippen molar-refractivity contribution in [2.75, 3.05) is 6.54 Å². The molecular formula is C14H17BrN2O2. The van der Waals surface area contributed by atoms with Gasteiger partial charge < -0.3 is 10.2 Å². The first-order valence-corrected chi connectivity index (χ1v) is 7.17. The first kappa shape index (κ1) is 14.1. The minimum absolute atomic E-state index is 0.00230. The summed E-state index contributed by atoms with van der Waals surface area (Å²) in [7, 11) is 0. The van der Waals surface area contributed by atoms with E-state index in [1.54, 1.807) is 4.90 Å². The molecule has 1 aromatic carbocycles. The van der Waals surface area contributed by atoms with E-state index in [0.29, 0.717) is 6.42 Å². The third-order valence-corrected chi connectivity index (χ3v) is 3.99. The molecule has 1 aliphatic rings. The number of hydrogen-bond acceptors (Lipinski definition) is 2. The number of carbonyl (C=O) groups excluding carboxylic acids is 2. The number of rotatable bonds is 3. The predicted octanol–water partition coefficient (Wildman–Crippen LogP) is 2.25. The highest BCUT2D eigenvalue weighted by atomic mass is 79.9. The zero-order valence-corrected chi connectivity index (χ0v) is 12.6. The molecular weight excluding hydrogens is 308 g/mol. The molecule has 4 nitrogen and oxygen atoms in total. The molecule has 2 amide bonds. The Hall–Kier alpha value is -1.36. The highest BCUT2D eigenvalue weighted by Crippen LogP contribution is 2.24. The third-order valence-electron chi connectivity index (χ3n) is 3.46. The molecule has 2 unspecified atom stereocenters. The summed E-state index contributed by atoms with van der Waals surface area (Å²) in [6.07, 6.45) is 0.619. The number of piperazine rings is 1. The van der Waals surface area contributed by atoms with Crippen LogP contribution in [0.5, 0.6) is 0 Å². The molecule has 0 aliphatic carbocycles. The van der Waals surface area contributed by atoms with Gasteiger partial charge in [0.2, 0.25) is 11.8 Å². The van der Waals surface area contributed by atoms with Gasteiger partial charge in [-0.3, -0.25) is 9.59 Å². The summed E-state index contributed by atoms with van der Waals surface area (Å²) in [6, 6.07) is 7.33. The smallest absolute Gasteiger partial charge is 0.246 e. The summed E-state index contributed by atoms with van der Waals surface area (Å²) in [5.41, 5.74) is 1.03. The molecule has 1 fully saturated rings. The predicted molar refractivity (Wildman–Crippen MR) is 76.5 cm³/mol. The number of halogens is 1. The van der Waals surface area contributed by atoms with E-state index >= 15 is 0 Å². The van der Waals surface area contributed by atoms with Crippen LogP contribution in [0.15, 0.2) is 28.7 Å². The fourth-order valence-corrected chi connectivity index (χ4v) is 2.52. The maximum Gasteiger partial charge on any atom is 0.246 e. The summed E-state index contributed by atoms with van der Waals surface area (Å²) in [5, 5.41) is 2.72. The van der Waals surface area contributed by atoms with Crippen LogP contribution < -0.4 is 5.32 Å². The van der Waals surface area contributed by atoms with Crippen molar-refractivity contribution >= 4 is 27.7 Å². The second-order valence-electron chi connectivity index (χ2n) is 4.72. The quantitative estimate of drug-likeness (QED) is 0.927. The molecule has 1 N–H and O–H groups in total. The lowest BCUT2D eigenvalue weighted by molar-refractivity contribution is -0.146.